The second kappa shape index (κ2) is 10.7. The molecule has 6 atom stereocenters. The van der Waals surface area contributed by atoms with Crippen LogP contribution in [0.5, 0.6) is 0 Å². The van der Waals surface area contributed by atoms with Crippen LogP contribution in [0, 0.1) is 18.8 Å². The van der Waals surface area contributed by atoms with Crippen LogP contribution < -0.4 is 10.6 Å². The molecule has 0 saturated carbocycles. The number of halogens is 2. The monoisotopic (exact) mass is 569 g/mol. The summed E-state index contributed by atoms with van der Waals surface area (Å²) in [6.07, 6.45) is 2.74. The summed E-state index contributed by atoms with van der Waals surface area (Å²) in [6.45, 7) is 4.77. The predicted octanol–water partition coefficient (Wildman–Crippen LogP) is 3.02. The van der Waals surface area contributed by atoms with Crippen LogP contribution in [0.15, 0.2) is 18.2 Å². The van der Waals surface area contributed by atoms with Gasteiger partial charge in [-0.1, -0.05) is 46.6 Å². The van der Waals surface area contributed by atoms with Crippen molar-refractivity contribution in [1.82, 2.24) is 10.2 Å². The number of rotatable bonds is 10. The van der Waals surface area contributed by atoms with E-state index in [9.17, 15) is 14.4 Å². The Bertz CT molecular complexity index is 974. The van der Waals surface area contributed by atoms with E-state index < -0.39 is 29.6 Å². The zero-order chi connectivity index (χ0) is 25.3. The number of ether oxygens (including phenoxy) is 1. The van der Waals surface area contributed by atoms with E-state index in [1.807, 2.05) is 26.0 Å². The number of nitrogens with one attached hydrogen (secondary N) is 2. The molecule has 3 N–H and O–H groups in total. The van der Waals surface area contributed by atoms with Gasteiger partial charge in [0, 0.05) is 24.5 Å². The molecule has 8 nitrogen and oxygen atoms in total. The summed E-state index contributed by atoms with van der Waals surface area (Å²) in [5.74, 6) is -2.17. The largest absolute Gasteiger partial charge is 0.396 e. The van der Waals surface area contributed by atoms with E-state index in [1.165, 1.54) is 0 Å². The minimum atomic E-state index is -1.10. The highest BCUT2D eigenvalue weighted by Crippen LogP contribution is 2.60. The number of aliphatic hydroxyl groups excluding tert-OH is 1. The third kappa shape index (κ3) is 4.61. The average Bonchev–Trinajstić information content (AvgIpc) is 3.41. The summed E-state index contributed by atoms with van der Waals surface area (Å²) >= 11 is 10.0. The first kappa shape index (κ1) is 26.4. The SMILES string of the molecule is CCCNC(=O)[C@H]1[C@@H]2OC3(CC2Br)C(C(=O)Nc2c(C)cccc2Cl)N(CCCCCO)C(=O)[C@H]13. The number of fused-ring (bicyclic) bond motifs is 1. The van der Waals surface area contributed by atoms with Gasteiger partial charge in [-0.3, -0.25) is 14.4 Å². The lowest BCUT2D eigenvalue weighted by molar-refractivity contribution is -0.140. The van der Waals surface area contributed by atoms with Crippen molar-refractivity contribution in [2.75, 3.05) is 25.0 Å². The van der Waals surface area contributed by atoms with Gasteiger partial charge in [0.15, 0.2) is 0 Å². The standard InChI is InChI=1S/C25H33BrClN3O5/c1-3-10-28-22(32)17-18-24(34)30(11-5-4-6-12-31)21(25(18)13-15(26)20(17)35-25)23(33)29-19-14(2)8-7-9-16(19)27/h7-9,15,17-18,20-21,31H,3-6,10-13H2,1-2H3,(H,28,32)(H,29,33)/t15?,17-,18+,20-,21?,25?/m1/s1. The number of hydrogen-bond acceptors (Lipinski definition) is 5. The quantitative estimate of drug-likeness (QED) is 0.296. The van der Waals surface area contributed by atoms with Gasteiger partial charge in [0.05, 0.1) is 28.6 Å². The van der Waals surface area contributed by atoms with E-state index in [1.54, 1.807) is 11.0 Å². The van der Waals surface area contributed by atoms with Crippen LogP contribution in [0.4, 0.5) is 5.69 Å². The molecule has 10 heteroatoms. The number of benzene rings is 1. The fourth-order valence-electron chi connectivity index (χ4n) is 5.89. The lowest BCUT2D eigenvalue weighted by Gasteiger charge is -2.34. The lowest BCUT2D eigenvalue weighted by Crippen LogP contribution is -2.54. The number of aliphatic hydroxyl groups is 1. The number of anilines is 1. The molecule has 3 saturated heterocycles. The summed E-state index contributed by atoms with van der Waals surface area (Å²) in [5.41, 5.74) is 0.220. The molecule has 2 bridgehead atoms. The van der Waals surface area contributed by atoms with Gasteiger partial charge in [-0.25, -0.2) is 0 Å². The van der Waals surface area contributed by atoms with Crippen molar-refractivity contribution in [2.24, 2.45) is 11.8 Å². The van der Waals surface area contributed by atoms with Gasteiger partial charge in [0.1, 0.15) is 11.6 Å². The van der Waals surface area contributed by atoms with Crippen LogP contribution >= 0.6 is 27.5 Å². The van der Waals surface area contributed by atoms with Crippen molar-refractivity contribution in [1.29, 1.82) is 0 Å². The molecule has 1 aromatic carbocycles. The topological polar surface area (TPSA) is 108 Å². The van der Waals surface area contributed by atoms with Gasteiger partial charge in [-0.05, 0) is 50.7 Å². The Kier molecular flexibility index (Phi) is 8.10. The first-order valence-corrected chi connectivity index (χ1v) is 13.6. The van der Waals surface area contributed by atoms with E-state index >= 15 is 0 Å². The van der Waals surface area contributed by atoms with Crippen molar-refractivity contribution in [3.05, 3.63) is 28.8 Å². The number of hydrogen-bond donors (Lipinski definition) is 3. The molecule has 1 spiro atoms. The highest BCUT2D eigenvalue weighted by molar-refractivity contribution is 9.09. The van der Waals surface area contributed by atoms with E-state index in [0.29, 0.717) is 43.1 Å². The van der Waals surface area contributed by atoms with Gasteiger partial charge in [-0.15, -0.1) is 0 Å². The Morgan fingerprint density at radius 2 is 2.06 bits per heavy atom. The molecule has 3 unspecified atom stereocenters. The normalized spacial score (nSPS) is 31.1. The number of carbonyl (C=O) groups is 3. The Hall–Kier alpha value is -1.68. The fourth-order valence-corrected chi connectivity index (χ4v) is 7.10. The van der Waals surface area contributed by atoms with Gasteiger partial charge in [-0.2, -0.15) is 0 Å². The Morgan fingerprint density at radius 3 is 2.74 bits per heavy atom. The molecule has 0 radical (unpaired) electrons. The van der Waals surface area contributed by atoms with E-state index in [0.717, 1.165) is 18.4 Å². The highest BCUT2D eigenvalue weighted by atomic mass is 79.9. The second-order valence-corrected chi connectivity index (χ2v) is 11.3. The molecular weight excluding hydrogens is 538 g/mol. The highest BCUT2D eigenvalue weighted by Gasteiger charge is 2.76. The molecule has 3 aliphatic heterocycles. The average molecular weight is 571 g/mol. The number of aryl methyl sites for hydroxylation is 1. The molecule has 35 heavy (non-hydrogen) atoms. The van der Waals surface area contributed by atoms with Crippen LogP contribution in [0.25, 0.3) is 0 Å². The first-order valence-electron chi connectivity index (χ1n) is 12.3. The fraction of sp³-hybridized carbons (Fsp3) is 0.640. The van der Waals surface area contributed by atoms with Gasteiger partial charge in [0.2, 0.25) is 17.7 Å². The Morgan fingerprint density at radius 1 is 1.29 bits per heavy atom. The van der Waals surface area contributed by atoms with Crippen molar-refractivity contribution < 1.29 is 24.2 Å². The number of unbranched alkanes of at least 4 members (excludes halogenated alkanes) is 2. The molecule has 4 rings (SSSR count). The van der Waals surface area contributed by atoms with Crippen LogP contribution in [0.1, 0.15) is 44.6 Å². The van der Waals surface area contributed by atoms with Gasteiger partial charge in [0.25, 0.3) is 0 Å². The van der Waals surface area contributed by atoms with Crippen LogP contribution in [0.2, 0.25) is 5.02 Å². The predicted molar refractivity (Wildman–Crippen MR) is 136 cm³/mol. The molecule has 3 aliphatic rings. The van der Waals surface area contributed by atoms with E-state index in [2.05, 4.69) is 26.6 Å². The number of nitrogens with zero attached hydrogens (tertiary/aromatic N) is 1. The molecule has 0 aromatic heterocycles. The maximum atomic E-state index is 13.8. The minimum absolute atomic E-state index is 0.0753. The summed E-state index contributed by atoms with van der Waals surface area (Å²) in [5, 5.41) is 15.4. The number of para-hydroxylation sites is 1. The Balaban J connectivity index is 1.68. The smallest absolute Gasteiger partial charge is 0.250 e. The molecule has 192 valence electrons. The molecule has 3 heterocycles. The molecule has 0 aliphatic carbocycles. The summed E-state index contributed by atoms with van der Waals surface area (Å²) < 4.78 is 6.47. The minimum Gasteiger partial charge on any atom is -0.396 e. The number of amides is 3. The van der Waals surface area contributed by atoms with Crippen LogP contribution in [0.3, 0.4) is 0 Å². The van der Waals surface area contributed by atoms with E-state index in [-0.39, 0.29) is 29.2 Å². The van der Waals surface area contributed by atoms with Crippen molar-refractivity contribution >= 4 is 50.9 Å². The van der Waals surface area contributed by atoms with Crippen molar-refractivity contribution in [2.45, 2.75) is 68.5 Å². The van der Waals surface area contributed by atoms with Crippen LogP contribution in [-0.4, -0.2) is 70.0 Å². The second-order valence-electron chi connectivity index (χ2n) is 9.69. The molecular formula is C25H33BrClN3O5. The summed E-state index contributed by atoms with van der Waals surface area (Å²) in [6, 6.07) is 4.48. The van der Waals surface area contributed by atoms with Crippen molar-refractivity contribution in [3.8, 4) is 0 Å². The third-order valence-corrected chi connectivity index (χ3v) is 8.58. The maximum absolute atomic E-state index is 13.8. The maximum Gasteiger partial charge on any atom is 0.250 e. The Labute approximate surface area is 219 Å². The van der Waals surface area contributed by atoms with Gasteiger partial charge < -0.3 is 25.4 Å². The summed E-state index contributed by atoms with van der Waals surface area (Å²) in [7, 11) is 0. The number of alkyl halides is 1. The first-order chi connectivity index (χ1) is 16.8. The number of likely N-dealkylation sites (tertiary alicyclic amines) is 1. The third-order valence-electron chi connectivity index (χ3n) is 7.42. The molecule has 3 amide bonds. The number of carbonyl (C=O) groups excluding carboxylic acids is 3. The lowest BCUT2D eigenvalue weighted by atomic mass is 9.70. The summed E-state index contributed by atoms with van der Waals surface area (Å²) in [4.78, 5) is 42.3. The van der Waals surface area contributed by atoms with E-state index in [4.69, 9.17) is 21.4 Å². The van der Waals surface area contributed by atoms with Gasteiger partial charge >= 0.3 is 0 Å². The van der Waals surface area contributed by atoms with Crippen LogP contribution in [-0.2, 0) is 19.1 Å². The molecule has 3 fully saturated rings. The van der Waals surface area contributed by atoms with Crippen molar-refractivity contribution in [3.63, 3.8) is 0 Å². The molecule has 1 aromatic rings. The zero-order valence-corrected chi connectivity index (χ0v) is 22.4. The zero-order valence-electron chi connectivity index (χ0n) is 20.1.